The molecule has 1 atom stereocenters. The van der Waals surface area contributed by atoms with E-state index in [2.05, 4.69) is 15.5 Å². The number of hydrogen-bond donors (Lipinski definition) is 2. The van der Waals surface area contributed by atoms with Crippen LogP contribution in [-0.2, 0) is 21.2 Å². The van der Waals surface area contributed by atoms with E-state index in [1.165, 1.54) is 6.92 Å². The molecule has 15 heavy (non-hydrogen) atoms. The van der Waals surface area contributed by atoms with Crippen molar-refractivity contribution in [2.75, 3.05) is 6.26 Å². The van der Waals surface area contributed by atoms with Gasteiger partial charge in [-0.3, -0.25) is 9.89 Å². The van der Waals surface area contributed by atoms with Crippen molar-refractivity contribution in [3.8, 4) is 0 Å². The molecule has 1 rings (SSSR count). The lowest BCUT2D eigenvalue weighted by atomic mass is 10.4. The van der Waals surface area contributed by atoms with E-state index < -0.39 is 21.0 Å². The van der Waals surface area contributed by atoms with Gasteiger partial charge in [-0.25, -0.2) is 8.42 Å². The molecule has 1 aromatic rings. The highest BCUT2D eigenvalue weighted by Gasteiger charge is 2.22. The van der Waals surface area contributed by atoms with Crippen LogP contribution in [-0.4, -0.2) is 36.0 Å². The number of carbonyl (C=O) groups excluding carboxylic acids is 1. The van der Waals surface area contributed by atoms with E-state index >= 15 is 0 Å². The molecule has 0 radical (unpaired) electrons. The Morgan fingerprint density at radius 1 is 1.67 bits per heavy atom. The van der Waals surface area contributed by atoms with E-state index in [0.717, 1.165) is 11.9 Å². The third-order valence-corrected chi connectivity index (χ3v) is 3.52. The number of carbonyl (C=O) groups is 1. The fraction of sp³-hybridized carbons (Fsp3) is 0.500. The van der Waals surface area contributed by atoms with E-state index in [-0.39, 0.29) is 6.54 Å². The van der Waals surface area contributed by atoms with Crippen molar-refractivity contribution in [2.45, 2.75) is 18.7 Å². The number of nitrogens with one attached hydrogen (secondary N) is 2. The second-order valence-electron chi connectivity index (χ2n) is 3.27. The lowest BCUT2D eigenvalue weighted by molar-refractivity contribution is -0.120. The lowest BCUT2D eigenvalue weighted by Gasteiger charge is -2.09. The van der Waals surface area contributed by atoms with Gasteiger partial charge in [-0.2, -0.15) is 5.10 Å². The Kier molecular flexibility index (Phi) is 3.46. The predicted octanol–water partition coefficient (Wildman–Crippen LogP) is -0.541. The van der Waals surface area contributed by atoms with Crippen LogP contribution < -0.4 is 5.32 Å². The van der Waals surface area contributed by atoms with Crippen molar-refractivity contribution < 1.29 is 13.2 Å². The van der Waals surface area contributed by atoms with Crippen molar-refractivity contribution in [3.63, 3.8) is 0 Å². The molecule has 1 unspecified atom stereocenters. The summed E-state index contributed by atoms with van der Waals surface area (Å²) in [5, 5.41) is 7.83. The van der Waals surface area contributed by atoms with Crippen LogP contribution in [0.4, 0.5) is 0 Å². The molecule has 0 aliphatic heterocycles. The molecule has 0 fully saturated rings. The van der Waals surface area contributed by atoms with Gasteiger partial charge in [0.05, 0.1) is 12.2 Å². The number of aromatic nitrogens is 2. The first kappa shape index (κ1) is 11.7. The number of nitrogens with zero attached hydrogens (tertiary/aromatic N) is 1. The summed E-state index contributed by atoms with van der Waals surface area (Å²) in [4.78, 5) is 11.4. The van der Waals surface area contributed by atoms with E-state index in [1.54, 1.807) is 12.3 Å². The molecule has 0 bridgehead atoms. The molecule has 2 N–H and O–H groups in total. The minimum absolute atomic E-state index is 0.249. The maximum absolute atomic E-state index is 11.4. The molecule has 0 aliphatic carbocycles. The average molecular weight is 231 g/mol. The van der Waals surface area contributed by atoms with Gasteiger partial charge in [0, 0.05) is 12.5 Å². The summed E-state index contributed by atoms with van der Waals surface area (Å²) in [6, 6.07) is 1.70. The van der Waals surface area contributed by atoms with Crippen LogP contribution in [0.1, 0.15) is 12.6 Å². The smallest absolute Gasteiger partial charge is 0.238 e. The molecule has 0 aliphatic rings. The standard InChI is InChI=1S/C8H13N3O3S/c1-6(15(2,13)14)8(12)9-5-7-3-4-10-11-7/h3-4,6H,5H2,1-2H3,(H,9,12)(H,10,11). The molecule has 6 nitrogen and oxygen atoms in total. The summed E-state index contributed by atoms with van der Waals surface area (Å²) >= 11 is 0. The van der Waals surface area contributed by atoms with Gasteiger partial charge in [0.2, 0.25) is 5.91 Å². The minimum Gasteiger partial charge on any atom is -0.349 e. The molecule has 0 saturated carbocycles. The number of amides is 1. The average Bonchev–Trinajstić information content (AvgIpc) is 2.63. The Balaban J connectivity index is 2.50. The first-order valence-electron chi connectivity index (χ1n) is 4.36. The third-order valence-electron chi connectivity index (χ3n) is 2.02. The van der Waals surface area contributed by atoms with Crippen LogP contribution in [0.15, 0.2) is 12.3 Å². The fourth-order valence-electron chi connectivity index (χ4n) is 0.904. The normalized spacial score (nSPS) is 13.5. The SMILES string of the molecule is CC(C(=O)NCc1ccn[nH]1)S(C)(=O)=O. The second-order valence-corrected chi connectivity index (χ2v) is 5.64. The molecule has 0 saturated heterocycles. The Morgan fingerprint density at radius 2 is 2.33 bits per heavy atom. The number of aromatic amines is 1. The molecular weight excluding hydrogens is 218 g/mol. The van der Waals surface area contributed by atoms with Crippen LogP contribution in [0.3, 0.4) is 0 Å². The maximum atomic E-state index is 11.4. The van der Waals surface area contributed by atoms with Gasteiger partial charge in [-0.1, -0.05) is 0 Å². The van der Waals surface area contributed by atoms with Crippen LogP contribution in [0, 0.1) is 0 Å². The van der Waals surface area contributed by atoms with E-state index in [9.17, 15) is 13.2 Å². The summed E-state index contributed by atoms with van der Waals surface area (Å²) in [6.45, 7) is 1.61. The van der Waals surface area contributed by atoms with Crippen LogP contribution in [0.25, 0.3) is 0 Å². The molecule has 0 spiro atoms. The highest BCUT2D eigenvalue weighted by atomic mass is 32.2. The lowest BCUT2D eigenvalue weighted by Crippen LogP contribution is -2.37. The summed E-state index contributed by atoms with van der Waals surface area (Å²) in [6.07, 6.45) is 2.59. The van der Waals surface area contributed by atoms with Gasteiger partial charge in [0.25, 0.3) is 0 Å². The molecule has 84 valence electrons. The second kappa shape index (κ2) is 4.43. The van der Waals surface area contributed by atoms with Gasteiger partial charge >= 0.3 is 0 Å². The summed E-state index contributed by atoms with van der Waals surface area (Å²) in [5.41, 5.74) is 0.726. The number of rotatable bonds is 4. The molecule has 7 heteroatoms. The van der Waals surface area contributed by atoms with E-state index in [1.807, 2.05) is 0 Å². The van der Waals surface area contributed by atoms with Crippen LogP contribution in [0.5, 0.6) is 0 Å². The topological polar surface area (TPSA) is 91.9 Å². The number of H-pyrrole nitrogens is 1. The molecule has 1 heterocycles. The summed E-state index contributed by atoms with van der Waals surface area (Å²) in [5.74, 6) is -0.507. The van der Waals surface area contributed by atoms with Crippen molar-refractivity contribution in [1.82, 2.24) is 15.5 Å². The Bertz CT molecular complexity index is 424. The maximum Gasteiger partial charge on any atom is 0.238 e. The van der Waals surface area contributed by atoms with Crippen LogP contribution in [0.2, 0.25) is 0 Å². The largest absolute Gasteiger partial charge is 0.349 e. The highest BCUT2D eigenvalue weighted by molar-refractivity contribution is 7.92. The van der Waals surface area contributed by atoms with E-state index in [4.69, 9.17) is 0 Å². The fourth-order valence-corrected chi connectivity index (χ4v) is 1.38. The monoisotopic (exact) mass is 231 g/mol. The van der Waals surface area contributed by atoms with Gasteiger partial charge in [0.1, 0.15) is 5.25 Å². The molecular formula is C8H13N3O3S. The van der Waals surface area contributed by atoms with Gasteiger partial charge < -0.3 is 5.32 Å². The number of hydrogen-bond acceptors (Lipinski definition) is 4. The highest BCUT2D eigenvalue weighted by Crippen LogP contribution is 1.98. The van der Waals surface area contributed by atoms with Gasteiger partial charge in [-0.05, 0) is 13.0 Å². The third kappa shape index (κ3) is 3.35. The zero-order chi connectivity index (χ0) is 11.5. The Labute approximate surface area is 88.0 Å². The van der Waals surface area contributed by atoms with Gasteiger partial charge in [-0.15, -0.1) is 0 Å². The van der Waals surface area contributed by atoms with Crippen molar-refractivity contribution in [1.29, 1.82) is 0 Å². The predicted molar refractivity (Wildman–Crippen MR) is 54.7 cm³/mol. The zero-order valence-corrected chi connectivity index (χ0v) is 9.34. The van der Waals surface area contributed by atoms with Crippen molar-refractivity contribution in [2.24, 2.45) is 0 Å². The summed E-state index contributed by atoms with van der Waals surface area (Å²) in [7, 11) is -3.33. The van der Waals surface area contributed by atoms with Gasteiger partial charge in [0.15, 0.2) is 9.84 Å². The van der Waals surface area contributed by atoms with Crippen molar-refractivity contribution in [3.05, 3.63) is 18.0 Å². The Hall–Kier alpha value is -1.37. The number of sulfone groups is 1. The quantitative estimate of drug-likeness (QED) is 0.728. The molecule has 0 aromatic carbocycles. The zero-order valence-electron chi connectivity index (χ0n) is 8.52. The van der Waals surface area contributed by atoms with Crippen molar-refractivity contribution >= 4 is 15.7 Å². The molecule has 1 amide bonds. The summed E-state index contributed by atoms with van der Waals surface area (Å²) < 4.78 is 22.1. The first-order valence-corrected chi connectivity index (χ1v) is 6.31. The minimum atomic E-state index is -3.33. The molecule has 1 aromatic heterocycles. The Morgan fingerprint density at radius 3 is 2.80 bits per heavy atom. The van der Waals surface area contributed by atoms with E-state index in [0.29, 0.717) is 0 Å². The first-order chi connectivity index (χ1) is 6.91. The van der Waals surface area contributed by atoms with Crippen LogP contribution >= 0.6 is 0 Å².